The van der Waals surface area contributed by atoms with E-state index in [1.807, 2.05) is 59.5 Å². The van der Waals surface area contributed by atoms with Crippen LogP contribution in [0.2, 0.25) is 72.5 Å². The Kier molecular flexibility index (Phi) is 27.6. The third kappa shape index (κ3) is 11.8. The fourth-order valence-corrected chi connectivity index (χ4v) is 30.5. The van der Waals surface area contributed by atoms with E-state index < -0.39 is 106 Å². The summed E-state index contributed by atoms with van der Waals surface area (Å²) < 4.78 is 10.7. The van der Waals surface area contributed by atoms with E-state index in [0.717, 1.165) is 0 Å². The van der Waals surface area contributed by atoms with Crippen LogP contribution in [0.1, 0.15) is 0 Å². The maximum Gasteiger partial charge on any atom is 1.00 e. The van der Waals surface area contributed by atoms with Gasteiger partial charge >= 0.3 is 37.7 Å². The van der Waals surface area contributed by atoms with Crippen molar-refractivity contribution in [2.24, 2.45) is 0 Å². The Hall–Kier alpha value is 3.93. The maximum absolute atomic E-state index is 7.26. The third-order valence-corrected chi connectivity index (χ3v) is 29.9. The summed E-state index contributed by atoms with van der Waals surface area (Å²) in [6, 6.07) is 0. The normalized spacial score (nSPS) is 15.1. The molecular weight excluding hydrogens is 651 g/mol. The molecule has 3 atom stereocenters. The first-order valence-corrected chi connectivity index (χ1v) is 28.6. The van der Waals surface area contributed by atoms with Crippen LogP contribution in [0.5, 0.6) is 0 Å². The molecule has 0 aromatic carbocycles. The van der Waals surface area contributed by atoms with Crippen LogP contribution < -0.4 is 37.7 Å². The summed E-state index contributed by atoms with van der Waals surface area (Å²) in [4.78, 5) is 0. The van der Waals surface area contributed by atoms with Gasteiger partial charge in [0.25, 0.3) is 0 Å². The van der Waals surface area contributed by atoms with Crippen LogP contribution in [-0.4, -0.2) is 250 Å². The zero-order valence-electron chi connectivity index (χ0n) is 33.8. The minimum absolute atomic E-state index is 0. The van der Waals surface area contributed by atoms with E-state index in [9.17, 15) is 0 Å². The smallest absolute Gasteiger partial charge is 0.458 e. The quantitative estimate of drug-likeness (QED) is 0.0746. The Morgan fingerprint density at radius 2 is 0.712 bits per heavy atom. The largest absolute Gasteiger partial charge is 1.00 e. The number of rotatable bonds is 24. The topological polar surface area (TPSA) is 18.5 Å². The molecule has 0 spiro atoms. The molecule has 0 aromatic rings. The van der Waals surface area contributed by atoms with Gasteiger partial charge in [0.1, 0.15) is 0 Å². The molecule has 2 nitrogen and oxygen atoms in total. The van der Waals surface area contributed by atoms with Crippen molar-refractivity contribution in [3.8, 4) is 0 Å². The van der Waals surface area contributed by atoms with E-state index in [1.165, 1.54) is 28.4 Å². The predicted octanol–water partition coefficient (Wildman–Crippen LogP) is -12.6. The standard InChI is InChI=1S/C14H30B30O2Si4.2Li/c1-30-39(24)12(36(18)19,42(27)33-15)48(5,6)45-47(3,4)11-32-41(26)14(38(22)23,44(29)35-17)50(9,10)46-49(7,8)13(37(20)21,40(25)31-2)43(28)34-16;;/h1-2,11H2,3-10H3;;/q-2;2*+1. The van der Waals surface area contributed by atoms with Crippen molar-refractivity contribution in [1.82, 2.24) is 0 Å². The Balaban J connectivity index is -0.0000120. The first-order chi connectivity index (χ1) is 22.5. The van der Waals surface area contributed by atoms with E-state index in [2.05, 4.69) is 13.6 Å². The van der Waals surface area contributed by atoms with Gasteiger partial charge in [-0.25, -0.2) is 0 Å². The van der Waals surface area contributed by atoms with Crippen LogP contribution in [-0.2, 0) is 8.23 Å². The van der Waals surface area contributed by atoms with Crippen LogP contribution in [0.15, 0.2) is 0 Å². The minimum Gasteiger partial charge on any atom is -0.458 e. The van der Waals surface area contributed by atoms with Crippen molar-refractivity contribution >= 4 is 250 Å². The zero-order chi connectivity index (χ0) is 40.1. The van der Waals surface area contributed by atoms with Crippen LogP contribution in [0, 0.1) is 13.6 Å². The minimum atomic E-state index is -3.33. The van der Waals surface area contributed by atoms with Gasteiger partial charge < -0.3 is 21.9 Å². The van der Waals surface area contributed by atoms with Crippen LogP contribution >= 0.6 is 0 Å². The van der Waals surface area contributed by atoms with Gasteiger partial charge in [-0.05, 0) is 52.4 Å². The van der Waals surface area contributed by atoms with Gasteiger partial charge in [-0.3, -0.25) is 0 Å². The molecule has 0 rings (SSSR count). The molecule has 0 saturated carbocycles. The summed E-state index contributed by atoms with van der Waals surface area (Å²) in [7, 11) is 94.4. The summed E-state index contributed by atoms with van der Waals surface area (Å²) >= 11 is 0. The zero-order valence-corrected chi connectivity index (χ0v) is 37.8. The van der Waals surface area contributed by atoms with Crippen LogP contribution in [0.25, 0.3) is 0 Å². The fraction of sp³-hybridized carbons (Fsp3) is 0.857. The van der Waals surface area contributed by atoms with Crippen molar-refractivity contribution in [3.05, 3.63) is 13.6 Å². The van der Waals surface area contributed by atoms with Crippen molar-refractivity contribution < 1.29 is 46.0 Å². The Morgan fingerprint density at radius 1 is 0.462 bits per heavy atom. The summed E-state index contributed by atoms with van der Waals surface area (Å²) in [5.41, 5.74) is 0. The van der Waals surface area contributed by atoms with Gasteiger partial charge in [0.2, 0.25) is 0 Å². The second-order valence-electron chi connectivity index (χ2n) is 15.5. The second kappa shape index (κ2) is 23.8. The van der Waals surface area contributed by atoms with Crippen LogP contribution in [0.3, 0.4) is 0 Å². The monoisotopic (exact) mass is 686 g/mol. The molecule has 0 aliphatic carbocycles. The molecule has 38 heteroatoms. The van der Waals surface area contributed by atoms with E-state index in [1.54, 1.807) is 7.17 Å². The summed E-state index contributed by atoms with van der Waals surface area (Å²) in [6.45, 7) is 15.5. The van der Waals surface area contributed by atoms with Crippen LogP contribution in [0.4, 0.5) is 0 Å². The average molecular weight is 681 g/mol. The molecule has 0 aliphatic rings. The number of hydrogen-bond acceptors (Lipinski definition) is 2. The molecule has 3 unspecified atom stereocenters. The van der Waals surface area contributed by atoms with Gasteiger partial charge in [0, 0.05) is 196 Å². The first-order valence-electron chi connectivity index (χ1n) is 16.7. The van der Waals surface area contributed by atoms with Gasteiger partial charge in [-0.2, -0.15) is 0 Å². The molecular formula is C14H30B30Li2O2Si4. The Morgan fingerprint density at radius 3 is 0.942 bits per heavy atom. The van der Waals surface area contributed by atoms with Crippen molar-refractivity contribution in [2.75, 3.05) is 0 Å². The SMILES string of the molecule is [B][B]B([B])C(B([B])[B])(B([B])[B][CH2-])[Si](C)(C)O[Si](C)(C)C[B]B([B])C(B([B])[B])(B([B])[B][B])[Si](C)(C)O[Si](C)(C)C(B([B])[B])(B([B])[B][B])B([B])[B][CH2-].[Li+].[Li+]. The molecule has 206 valence electrons. The van der Waals surface area contributed by atoms with Crippen molar-refractivity contribution in [2.45, 2.75) is 72.5 Å². The van der Waals surface area contributed by atoms with E-state index in [-0.39, 0.29) is 37.7 Å². The summed E-state index contributed by atoms with van der Waals surface area (Å²) in [6.07, 6.45) is 0. The molecule has 0 aliphatic heterocycles. The number of hydrogen-bond donors (Lipinski definition) is 0. The third-order valence-electron chi connectivity index (χ3n) is 11.1. The summed E-state index contributed by atoms with van der Waals surface area (Å²) in [5, 5.41) is 0. The molecule has 0 amide bonds. The van der Waals surface area contributed by atoms with E-state index in [0.29, 0.717) is 5.94 Å². The first kappa shape index (κ1) is 60.2. The van der Waals surface area contributed by atoms with E-state index >= 15 is 0 Å². The Labute approximate surface area is 379 Å². The van der Waals surface area contributed by atoms with Crippen molar-refractivity contribution in [3.63, 3.8) is 0 Å². The molecule has 52 heavy (non-hydrogen) atoms. The van der Waals surface area contributed by atoms with Gasteiger partial charge in [-0.15, -0.1) is 28.5 Å². The second-order valence-corrected chi connectivity index (χ2v) is 32.7. The van der Waals surface area contributed by atoms with Gasteiger partial charge in [-0.1, -0.05) is 5.94 Å². The molecule has 0 heterocycles. The molecule has 36 radical (unpaired) electrons. The van der Waals surface area contributed by atoms with Crippen molar-refractivity contribution in [1.29, 1.82) is 0 Å². The van der Waals surface area contributed by atoms with Gasteiger partial charge in [0.15, 0.2) is 33.3 Å². The van der Waals surface area contributed by atoms with Gasteiger partial charge in [0.05, 0.1) is 7.17 Å². The molecule has 0 bridgehead atoms. The fourth-order valence-electron chi connectivity index (χ4n) is 8.72. The molecule has 0 N–H and O–H groups in total. The Bertz CT molecular complexity index is 1020. The van der Waals surface area contributed by atoms with E-state index in [4.69, 9.17) is 124 Å². The predicted molar refractivity (Wildman–Crippen MR) is 268 cm³/mol. The average Bonchev–Trinajstić information content (AvgIpc) is 2.97. The molecule has 0 fully saturated rings. The molecule has 0 saturated heterocycles. The maximum atomic E-state index is 7.26. The summed E-state index contributed by atoms with van der Waals surface area (Å²) in [5.74, 6) is 0.425. The molecule has 0 aromatic heterocycles.